The Kier molecular flexibility index (Phi) is 5.90. The number of nitrogens with zero attached hydrogens (tertiary/aromatic N) is 1. The van der Waals surface area contributed by atoms with E-state index in [-0.39, 0.29) is 0 Å². The van der Waals surface area contributed by atoms with Crippen LogP contribution in [-0.4, -0.2) is 19.1 Å². The molecule has 0 saturated carbocycles. The smallest absolute Gasteiger partial charge is 0.0366 e. The molecule has 112 valence electrons. The van der Waals surface area contributed by atoms with E-state index in [4.69, 9.17) is 5.73 Å². The maximum atomic E-state index is 6.03. The van der Waals surface area contributed by atoms with Gasteiger partial charge in [-0.15, -0.1) is 0 Å². The third-order valence-electron chi connectivity index (χ3n) is 4.75. The Balaban J connectivity index is 1.95. The second-order valence-electron chi connectivity index (χ2n) is 6.23. The normalized spacial score (nSPS) is 21.6. The number of hydrogen-bond donors (Lipinski definition) is 1. The molecule has 2 heteroatoms. The first kappa shape index (κ1) is 15.4. The lowest BCUT2D eigenvalue weighted by atomic mass is 9.98. The molecule has 0 amide bonds. The summed E-state index contributed by atoms with van der Waals surface area (Å²) in [5.41, 5.74) is 8.78. The summed E-state index contributed by atoms with van der Waals surface area (Å²) >= 11 is 0. The molecule has 1 fully saturated rings. The molecule has 1 aliphatic rings. The van der Waals surface area contributed by atoms with Gasteiger partial charge in [-0.25, -0.2) is 0 Å². The molecule has 0 bridgehead atoms. The highest BCUT2D eigenvalue weighted by Gasteiger charge is 2.15. The van der Waals surface area contributed by atoms with Gasteiger partial charge in [0.05, 0.1) is 0 Å². The van der Waals surface area contributed by atoms with Gasteiger partial charge in [-0.2, -0.15) is 0 Å². The fraction of sp³-hybridized carbons (Fsp3) is 0.667. The van der Waals surface area contributed by atoms with Gasteiger partial charge >= 0.3 is 0 Å². The van der Waals surface area contributed by atoms with E-state index in [2.05, 4.69) is 43.0 Å². The summed E-state index contributed by atoms with van der Waals surface area (Å²) in [6.45, 7) is 6.91. The Labute approximate surface area is 124 Å². The predicted octanol–water partition coefficient (Wildman–Crippen LogP) is 3.98. The lowest BCUT2D eigenvalue weighted by Crippen LogP contribution is -2.24. The minimum absolute atomic E-state index is 0.296. The van der Waals surface area contributed by atoms with Crippen molar-refractivity contribution in [3.8, 4) is 0 Å². The van der Waals surface area contributed by atoms with Crippen molar-refractivity contribution in [1.82, 2.24) is 0 Å². The van der Waals surface area contributed by atoms with Crippen LogP contribution in [-0.2, 0) is 6.42 Å². The van der Waals surface area contributed by atoms with E-state index < -0.39 is 0 Å². The molecule has 0 radical (unpaired) electrons. The first-order valence-electron chi connectivity index (χ1n) is 8.32. The number of anilines is 1. The van der Waals surface area contributed by atoms with Crippen molar-refractivity contribution in [2.75, 3.05) is 18.0 Å². The van der Waals surface area contributed by atoms with E-state index in [0.717, 1.165) is 18.8 Å². The first-order chi connectivity index (χ1) is 9.72. The van der Waals surface area contributed by atoms with Crippen LogP contribution in [0.3, 0.4) is 0 Å². The van der Waals surface area contributed by atoms with Crippen molar-refractivity contribution >= 4 is 5.69 Å². The summed E-state index contributed by atoms with van der Waals surface area (Å²) in [5, 5.41) is 0. The third-order valence-corrected chi connectivity index (χ3v) is 4.75. The van der Waals surface area contributed by atoms with Gasteiger partial charge in [0.2, 0.25) is 0 Å². The average molecular weight is 274 g/mol. The Hall–Kier alpha value is -1.02. The molecule has 2 unspecified atom stereocenters. The van der Waals surface area contributed by atoms with Gasteiger partial charge in [0.25, 0.3) is 0 Å². The van der Waals surface area contributed by atoms with Gasteiger partial charge < -0.3 is 10.6 Å². The molecule has 2 nitrogen and oxygen atoms in total. The Morgan fingerprint density at radius 1 is 1.15 bits per heavy atom. The van der Waals surface area contributed by atoms with Crippen LogP contribution >= 0.6 is 0 Å². The van der Waals surface area contributed by atoms with E-state index in [1.54, 1.807) is 0 Å². The quantitative estimate of drug-likeness (QED) is 0.880. The summed E-state index contributed by atoms with van der Waals surface area (Å²) in [6.07, 6.45) is 7.46. The molecular weight excluding hydrogens is 244 g/mol. The van der Waals surface area contributed by atoms with Gasteiger partial charge in [-0.05, 0) is 55.7 Å². The minimum atomic E-state index is 0.296. The van der Waals surface area contributed by atoms with Crippen LogP contribution in [0.15, 0.2) is 24.3 Å². The minimum Gasteiger partial charge on any atom is -0.372 e. The zero-order chi connectivity index (χ0) is 14.4. The fourth-order valence-corrected chi connectivity index (χ4v) is 3.12. The van der Waals surface area contributed by atoms with Crippen LogP contribution in [0, 0.1) is 5.92 Å². The van der Waals surface area contributed by atoms with Crippen molar-refractivity contribution in [1.29, 1.82) is 0 Å². The summed E-state index contributed by atoms with van der Waals surface area (Å²) in [6, 6.07) is 9.37. The van der Waals surface area contributed by atoms with Crippen molar-refractivity contribution < 1.29 is 0 Å². The number of hydrogen-bond acceptors (Lipinski definition) is 2. The summed E-state index contributed by atoms with van der Waals surface area (Å²) in [7, 11) is 0. The molecule has 2 atom stereocenters. The van der Waals surface area contributed by atoms with E-state index >= 15 is 0 Å². The lowest BCUT2D eigenvalue weighted by Gasteiger charge is -2.23. The van der Waals surface area contributed by atoms with Crippen LogP contribution in [0.25, 0.3) is 0 Å². The van der Waals surface area contributed by atoms with E-state index in [9.17, 15) is 0 Å². The van der Waals surface area contributed by atoms with Crippen molar-refractivity contribution in [2.24, 2.45) is 11.7 Å². The highest BCUT2D eigenvalue weighted by atomic mass is 15.1. The molecule has 20 heavy (non-hydrogen) atoms. The Morgan fingerprint density at radius 2 is 1.90 bits per heavy atom. The second-order valence-corrected chi connectivity index (χ2v) is 6.23. The monoisotopic (exact) mass is 274 g/mol. The standard InChI is InChI=1S/C18H30N2/c1-3-15-6-5-12-20(13-11-15)18-9-7-16(8-10-18)14-17(19)4-2/h7-10,15,17H,3-6,11-14,19H2,1-2H3. The summed E-state index contributed by atoms with van der Waals surface area (Å²) in [5.74, 6) is 0.932. The maximum Gasteiger partial charge on any atom is 0.0366 e. The first-order valence-corrected chi connectivity index (χ1v) is 8.32. The van der Waals surface area contributed by atoms with Crippen LogP contribution in [0.2, 0.25) is 0 Å². The zero-order valence-electron chi connectivity index (χ0n) is 13.1. The van der Waals surface area contributed by atoms with Crippen LogP contribution in [0.1, 0.15) is 51.5 Å². The van der Waals surface area contributed by atoms with E-state index in [1.165, 1.54) is 50.0 Å². The Bertz CT molecular complexity index is 385. The molecule has 0 aromatic heterocycles. The molecule has 2 rings (SSSR count). The molecule has 1 heterocycles. The molecular formula is C18H30N2. The van der Waals surface area contributed by atoms with Gasteiger partial charge in [0, 0.05) is 24.8 Å². The largest absolute Gasteiger partial charge is 0.372 e. The van der Waals surface area contributed by atoms with Gasteiger partial charge in [-0.1, -0.05) is 32.4 Å². The van der Waals surface area contributed by atoms with Crippen molar-refractivity contribution in [3.05, 3.63) is 29.8 Å². The topological polar surface area (TPSA) is 29.3 Å². The van der Waals surface area contributed by atoms with Crippen molar-refractivity contribution in [2.45, 2.75) is 58.4 Å². The van der Waals surface area contributed by atoms with E-state index in [0.29, 0.717) is 6.04 Å². The summed E-state index contributed by atoms with van der Waals surface area (Å²) in [4.78, 5) is 2.55. The van der Waals surface area contributed by atoms with Crippen LogP contribution in [0.4, 0.5) is 5.69 Å². The number of rotatable bonds is 5. The molecule has 1 aliphatic heterocycles. The molecule has 1 aromatic carbocycles. The molecule has 0 aliphatic carbocycles. The third kappa shape index (κ3) is 4.24. The fourth-order valence-electron chi connectivity index (χ4n) is 3.12. The van der Waals surface area contributed by atoms with Gasteiger partial charge in [-0.3, -0.25) is 0 Å². The van der Waals surface area contributed by atoms with Crippen LogP contribution in [0.5, 0.6) is 0 Å². The zero-order valence-corrected chi connectivity index (χ0v) is 13.1. The highest BCUT2D eigenvalue weighted by Crippen LogP contribution is 2.24. The molecule has 0 spiro atoms. The van der Waals surface area contributed by atoms with Gasteiger partial charge in [0.1, 0.15) is 0 Å². The lowest BCUT2D eigenvalue weighted by molar-refractivity contribution is 0.459. The highest BCUT2D eigenvalue weighted by molar-refractivity contribution is 5.47. The average Bonchev–Trinajstić information content (AvgIpc) is 2.73. The SMILES string of the molecule is CCC(N)Cc1ccc(N2CCCC(CC)CC2)cc1. The van der Waals surface area contributed by atoms with Crippen molar-refractivity contribution in [3.63, 3.8) is 0 Å². The van der Waals surface area contributed by atoms with Gasteiger partial charge in [0.15, 0.2) is 0 Å². The molecule has 1 saturated heterocycles. The number of nitrogens with two attached hydrogens (primary N) is 1. The van der Waals surface area contributed by atoms with E-state index in [1.807, 2.05) is 0 Å². The summed E-state index contributed by atoms with van der Waals surface area (Å²) < 4.78 is 0. The Morgan fingerprint density at radius 3 is 2.55 bits per heavy atom. The number of benzene rings is 1. The second kappa shape index (κ2) is 7.68. The molecule has 2 N–H and O–H groups in total. The maximum absolute atomic E-state index is 6.03. The van der Waals surface area contributed by atoms with Crippen LogP contribution < -0.4 is 10.6 Å². The molecule has 1 aromatic rings. The predicted molar refractivity (Wildman–Crippen MR) is 88.3 cm³/mol.